The molecule has 2 rings (SSSR count). The second-order valence-corrected chi connectivity index (χ2v) is 5.06. The second-order valence-electron chi connectivity index (χ2n) is 4.34. The van der Waals surface area contributed by atoms with Gasteiger partial charge in [0.15, 0.2) is 0 Å². The molecule has 2 aromatic heterocycles. The molecule has 0 saturated heterocycles. The van der Waals surface area contributed by atoms with E-state index in [1.165, 1.54) is 0 Å². The molecule has 2 aromatic rings. The Bertz CT molecular complexity index is 533. The Kier molecular flexibility index (Phi) is 4.57. The topological polar surface area (TPSA) is 72.9 Å². The minimum atomic E-state index is -0.0830. The molecule has 2 heterocycles. The summed E-state index contributed by atoms with van der Waals surface area (Å²) in [5, 5.41) is 4.89. The molecule has 0 saturated carbocycles. The second kappa shape index (κ2) is 6.38. The lowest BCUT2D eigenvalue weighted by Crippen LogP contribution is -2.27. The highest BCUT2D eigenvalue weighted by molar-refractivity contribution is 7.07. The van der Waals surface area contributed by atoms with Gasteiger partial charge in [0, 0.05) is 31.1 Å². The zero-order valence-electron chi connectivity index (χ0n) is 10.9. The Morgan fingerprint density at radius 2 is 2.42 bits per heavy atom. The Labute approximate surface area is 116 Å². The normalized spacial score (nSPS) is 10.6. The van der Waals surface area contributed by atoms with Crippen molar-refractivity contribution in [2.45, 2.75) is 26.3 Å². The number of hydrogen-bond donors (Lipinski definition) is 2. The first kappa shape index (κ1) is 13.6. The zero-order valence-corrected chi connectivity index (χ0v) is 11.7. The molecule has 0 bridgehead atoms. The fraction of sp³-hybridized carbons (Fsp3) is 0.385. The highest BCUT2D eigenvalue weighted by Crippen LogP contribution is 2.11. The van der Waals surface area contributed by atoms with Gasteiger partial charge in [-0.2, -0.15) is 0 Å². The van der Waals surface area contributed by atoms with Crippen LogP contribution in [0.1, 0.15) is 29.5 Å². The molecule has 1 amide bonds. The van der Waals surface area contributed by atoms with Gasteiger partial charge >= 0.3 is 0 Å². The zero-order chi connectivity index (χ0) is 13.7. The van der Waals surface area contributed by atoms with Gasteiger partial charge in [-0.3, -0.25) is 4.79 Å². The van der Waals surface area contributed by atoms with Crippen LogP contribution in [0, 0.1) is 0 Å². The van der Waals surface area contributed by atoms with Crippen LogP contribution >= 0.6 is 11.3 Å². The highest BCUT2D eigenvalue weighted by atomic mass is 32.1. The fourth-order valence-electron chi connectivity index (χ4n) is 1.91. The molecular formula is C13H18N4OS. The molecule has 0 atom stereocenters. The van der Waals surface area contributed by atoms with Crippen LogP contribution in [-0.4, -0.2) is 22.0 Å². The lowest BCUT2D eigenvalue weighted by molar-refractivity contribution is 0.0944. The largest absolute Gasteiger partial charge is 0.397 e. The van der Waals surface area contributed by atoms with Gasteiger partial charge in [0.05, 0.1) is 16.9 Å². The third-order valence-corrected chi connectivity index (χ3v) is 3.40. The van der Waals surface area contributed by atoms with Gasteiger partial charge < -0.3 is 15.6 Å². The number of thiazole rings is 1. The number of hydrogen-bond acceptors (Lipinski definition) is 4. The van der Waals surface area contributed by atoms with Crippen molar-refractivity contribution in [3.8, 4) is 0 Å². The van der Waals surface area contributed by atoms with Crippen LogP contribution in [0.5, 0.6) is 0 Å². The lowest BCUT2D eigenvalue weighted by atomic mass is 10.3. The summed E-state index contributed by atoms with van der Waals surface area (Å²) >= 11 is 1.56. The molecule has 0 unspecified atom stereocenters. The number of rotatable bonds is 6. The van der Waals surface area contributed by atoms with Gasteiger partial charge in [0.25, 0.3) is 5.91 Å². The minimum Gasteiger partial charge on any atom is -0.397 e. The Morgan fingerprint density at radius 3 is 3.11 bits per heavy atom. The van der Waals surface area contributed by atoms with Crippen LogP contribution in [0.4, 0.5) is 5.69 Å². The molecule has 0 aliphatic carbocycles. The third kappa shape index (κ3) is 3.57. The van der Waals surface area contributed by atoms with E-state index in [-0.39, 0.29) is 5.91 Å². The highest BCUT2D eigenvalue weighted by Gasteiger charge is 2.12. The van der Waals surface area contributed by atoms with Crippen molar-refractivity contribution in [2.24, 2.45) is 0 Å². The van der Waals surface area contributed by atoms with Crippen molar-refractivity contribution in [2.75, 3.05) is 12.3 Å². The van der Waals surface area contributed by atoms with E-state index in [0.29, 0.717) is 17.9 Å². The average Bonchev–Trinajstić information content (AvgIpc) is 2.99. The summed E-state index contributed by atoms with van der Waals surface area (Å²) in [6, 6.07) is 1.72. The van der Waals surface area contributed by atoms with Crippen molar-refractivity contribution in [1.29, 1.82) is 0 Å². The van der Waals surface area contributed by atoms with E-state index in [1.807, 2.05) is 9.95 Å². The van der Waals surface area contributed by atoms with Crippen molar-refractivity contribution in [1.82, 2.24) is 14.9 Å². The molecule has 0 aromatic carbocycles. The van der Waals surface area contributed by atoms with Crippen LogP contribution in [0.2, 0.25) is 0 Å². The van der Waals surface area contributed by atoms with E-state index >= 15 is 0 Å². The van der Waals surface area contributed by atoms with Gasteiger partial charge in [0.1, 0.15) is 5.69 Å². The number of carbonyl (C=O) groups excluding carboxylic acids is 1. The molecule has 0 aliphatic rings. The quantitative estimate of drug-likeness (QED) is 0.847. The van der Waals surface area contributed by atoms with Crippen molar-refractivity contribution < 1.29 is 4.79 Å². The molecule has 0 radical (unpaired) electrons. The summed E-state index contributed by atoms with van der Waals surface area (Å²) in [6.07, 6.45) is 3.52. The molecule has 0 aliphatic heterocycles. The molecule has 3 N–H and O–H groups in total. The Hall–Kier alpha value is -1.82. The molecule has 0 spiro atoms. The first-order valence-corrected chi connectivity index (χ1v) is 7.26. The fourth-order valence-corrected chi connectivity index (χ4v) is 2.50. The number of nitrogens with zero attached hydrogens (tertiary/aromatic N) is 2. The number of nitrogens with one attached hydrogen (secondary N) is 1. The van der Waals surface area contributed by atoms with E-state index in [2.05, 4.69) is 17.2 Å². The number of aryl methyl sites for hydroxylation is 1. The molecular weight excluding hydrogens is 260 g/mol. The smallest absolute Gasteiger partial charge is 0.267 e. The Morgan fingerprint density at radius 1 is 1.58 bits per heavy atom. The van der Waals surface area contributed by atoms with E-state index in [4.69, 9.17) is 5.73 Å². The number of amides is 1. The number of nitrogens with two attached hydrogens (primary N) is 1. The first-order valence-electron chi connectivity index (χ1n) is 6.31. The van der Waals surface area contributed by atoms with Gasteiger partial charge in [-0.25, -0.2) is 4.98 Å². The molecule has 19 heavy (non-hydrogen) atoms. The maximum atomic E-state index is 12.1. The summed E-state index contributed by atoms with van der Waals surface area (Å²) in [6.45, 7) is 3.45. The van der Waals surface area contributed by atoms with Crippen LogP contribution < -0.4 is 11.1 Å². The van der Waals surface area contributed by atoms with Crippen LogP contribution in [0.15, 0.2) is 23.2 Å². The number of aromatic nitrogens is 2. The SMILES string of the molecule is CCCn1cc(N)cc1C(=O)NCCc1cscn1. The van der Waals surface area contributed by atoms with Gasteiger partial charge in [0.2, 0.25) is 0 Å². The summed E-state index contributed by atoms with van der Waals surface area (Å²) in [7, 11) is 0. The number of anilines is 1. The van der Waals surface area contributed by atoms with Gasteiger partial charge in [-0.15, -0.1) is 11.3 Å². The van der Waals surface area contributed by atoms with Gasteiger partial charge in [-0.1, -0.05) is 6.92 Å². The number of nitrogen functional groups attached to an aromatic ring is 1. The predicted molar refractivity (Wildman–Crippen MR) is 77.3 cm³/mol. The standard InChI is InChI=1S/C13H18N4OS/c1-2-5-17-7-10(14)6-12(17)13(18)15-4-3-11-8-19-9-16-11/h6-9H,2-5,14H2,1H3,(H,15,18). The molecule has 5 nitrogen and oxygen atoms in total. The first-order chi connectivity index (χ1) is 9.20. The summed E-state index contributed by atoms with van der Waals surface area (Å²) in [4.78, 5) is 16.3. The Balaban J connectivity index is 1.92. The molecule has 0 fully saturated rings. The van der Waals surface area contributed by atoms with E-state index < -0.39 is 0 Å². The predicted octanol–water partition coefficient (Wildman–Crippen LogP) is 1.91. The minimum absolute atomic E-state index is 0.0830. The summed E-state index contributed by atoms with van der Waals surface area (Å²) in [5.41, 5.74) is 9.79. The van der Waals surface area contributed by atoms with Crippen molar-refractivity contribution in [3.05, 3.63) is 34.5 Å². The molecule has 6 heteroatoms. The average molecular weight is 278 g/mol. The van der Waals surface area contributed by atoms with Crippen LogP contribution in [0.25, 0.3) is 0 Å². The lowest BCUT2D eigenvalue weighted by Gasteiger charge is -2.08. The van der Waals surface area contributed by atoms with E-state index in [9.17, 15) is 4.79 Å². The maximum absolute atomic E-state index is 12.1. The summed E-state index contributed by atoms with van der Waals surface area (Å²) in [5.74, 6) is -0.0830. The monoisotopic (exact) mass is 278 g/mol. The van der Waals surface area contributed by atoms with Crippen molar-refractivity contribution in [3.63, 3.8) is 0 Å². The third-order valence-electron chi connectivity index (χ3n) is 2.77. The van der Waals surface area contributed by atoms with Gasteiger partial charge in [-0.05, 0) is 12.5 Å². The maximum Gasteiger partial charge on any atom is 0.267 e. The van der Waals surface area contributed by atoms with Crippen molar-refractivity contribution >= 4 is 22.9 Å². The van der Waals surface area contributed by atoms with Crippen LogP contribution in [0.3, 0.4) is 0 Å². The van der Waals surface area contributed by atoms with E-state index in [0.717, 1.165) is 25.1 Å². The number of carbonyl (C=O) groups is 1. The van der Waals surface area contributed by atoms with Crippen LogP contribution in [-0.2, 0) is 13.0 Å². The molecule has 102 valence electrons. The summed E-state index contributed by atoms with van der Waals surface area (Å²) < 4.78 is 1.90. The van der Waals surface area contributed by atoms with E-state index in [1.54, 1.807) is 29.1 Å².